The summed E-state index contributed by atoms with van der Waals surface area (Å²) in [7, 11) is -4.16. The third kappa shape index (κ3) is 6.22. The largest absolute Gasteiger partial charge is 1.00 e. The Bertz CT molecular complexity index is 1290. The van der Waals surface area contributed by atoms with Crippen molar-refractivity contribution >= 4 is 21.7 Å². The maximum Gasteiger partial charge on any atom is 1.00 e. The van der Waals surface area contributed by atoms with Crippen molar-refractivity contribution in [3.05, 3.63) is 83.0 Å². The van der Waals surface area contributed by atoms with Crippen molar-refractivity contribution in [2.75, 3.05) is 10.8 Å². The summed E-state index contributed by atoms with van der Waals surface area (Å²) < 4.78 is 48.2. The van der Waals surface area contributed by atoms with Gasteiger partial charge in [-0.2, -0.15) is 8.42 Å². The van der Waals surface area contributed by atoms with Crippen molar-refractivity contribution in [2.45, 2.75) is 44.0 Å². The minimum absolute atomic E-state index is 0. The molecule has 0 saturated carbocycles. The van der Waals surface area contributed by atoms with E-state index < -0.39 is 28.7 Å². The minimum Gasteiger partial charge on any atom is -0.545 e. The van der Waals surface area contributed by atoms with E-state index in [4.69, 9.17) is 4.74 Å². The predicted octanol–water partition coefficient (Wildman–Crippen LogP) is 0.0701. The summed E-state index contributed by atoms with van der Waals surface area (Å²) in [6, 6.07) is 14.2. The number of sulfonamides is 1. The van der Waals surface area contributed by atoms with E-state index in [9.17, 15) is 22.7 Å². The molecule has 1 atom stereocenters. The van der Waals surface area contributed by atoms with Crippen LogP contribution in [0.2, 0.25) is 0 Å². The molecule has 7 nitrogen and oxygen atoms in total. The number of hydrogen-bond acceptors (Lipinski definition) is 6. The van der Waals surface area contributed by atoms with Gasteiger partial charge in [0.05, 0.1) is 18.2 Å². The number of hydrogen-bond donors (Lipinski definition) is 0. The van der Waals surface area contributed by atoms with Gasteiger partial charge in [0.1, 0.15) is 18.5 Å². The van der Waals surface area contributed by atoms with Crippen molar-refractivity contribution in [3.63, 3.8) is 0 Å². The van der Waals surface area contributed by atoms with Crippen molar-refractivity contribution in [2.24, 2.45) is 0 Å². The number of alkyl halides is 1. The molecule has 10 heteroatoms. The molecule has 1 unspecified atom stereocenters. The molecule has 0 N–H and O–H groups in total. The normalized spacial score (nSPS) is 13.4. The van der Waals surface area contributed by atoms with Crippen LogP contribution in [0.3, 0.4) is 0 Å². The fourth-order valence-electron chi connectivity index (χ4n) is 3.96. The number of carboxylic acid groups (broad SMARTS) is 1. The van der Waals surface area contributed by atoms with Gasteiger partial charge in [-0.1, -0.05) is 30.3 Å². The van der Waals surface area contributed by atoms with Gasteiger partial charge in [0, 0.05) is 6.20 Å². The molecule has 178 valence electrons. The zero-order valence-corrected chi connectivity index (χ0v) is 22.4. The average molecular weight is 507 g/mol. The van der Waals surface area contributed by atoms with Gasteiger partial charge in [-0.15, -0.1) is 0 Å². The van der Waals surface area contributed by atoms with Crippen molar-refractivity contribution < 1.29 is 57.0 Å². The molecule has 3 aromatic rings. The molecular formula is C25H24FN2NaO5S. The smallest absolute Gasteiger partial charge is 0.545 e. The molecule has 0 bridgehead atoms. The monoisotopic (exact) mass is 506 g/mol. The van der Waals surface area contributed by atoms with E-state index in [2.05, 4.69) is 4.98 Å². The molecule has 1 heterocycles. The number of ether oxygens (including phenoxy) is 1. The number of carboxylic acids is 1. The second-order valence-electron chi connectivity index (χ2n) is 8.20. The first-order chi connectivity index (χ1) is 16.3. The third-order valence-electron chi connectivity index (χ3n) is 5.64. The number of fused-ring (bicyclic) bond motifs is 1. The van der Waals surface area contributed by atoms with E-state index in [1.807, 2.05) is 6.07 Å². The van der Waals surface area contributed by atoms with Gasteiger partial charge in [-0.05, 0) is 72.7 Å². The molecule has 0 radical (unpaired) electrons. The number of carbonyl (C=O) groups excluding carboxylic acids is 1. The minimum atomic E-state index is -4.16. The third-order valence-corrected chi connectivity index (χ3v) is 7.33. The maximum atomic E-state index is 14.2. The Morgan fingerprint density at radius 2 is 1.83 bits per heavy atom. The van der Waals surface area contributed by atoms with Gasteiger partial charge in [0.2, 0.25) is 0 Å². The van der Waals surface area contributed by atoms with E-state index in [1.54, 1.807) is 30.3 Å². The standard InChI is InChI=1S/C25H25FN2O5S.Na/c1-17(26)15-28(34(31,32)24-7-2-3-12-27-24)22-13-20-5-4-6-21(20)14-23(22)33-16-18-8-10-19(11-9-18)25(29)30;/h2-3,7-14,17H,4-6,15-16H2,1H3,(H,29,30);/q;+1/p-1. The van der Waals surface area contributed by atoms with Gasteiger partial charge in [0.25, 0.3) is 10.0 Å². The van der Waals surface area contributed by atoms with Crippen molar-refractivity contribution in [1.29, 1.82) is 0 Å². The number of halogens is 1. The molecule has 1 aliphatic carbocycles. The van der Waals surface area contributed by atoms with Crippen LogP contribution in [0.5, 0.6) is 5.75 Å². The average Bonchev–Trinajstić information content (AvgIpc) is 3.28. The fraction of sp³-hybridized carbons (Fsp3) is 0.280. The fourth-order valence-corrected chi connectivity index (χ4v) is 5.44. The number of aromatic nitrogens is 1. The van der Waals surface area contributed by atoms with E-state index >= 15 is 0 Å². The number of nitrogens with zero attached hydrogens (tertiary/aromatic N) is 2. The van der Waals surface area contributed by atoms with Crippen molar-refractivity contribution in [1.82, 2.24) is 4.98 Å². The van der Waals surface area contributed by atoms with Crippen LogP contribution in [0, 0.1) is 0 Å². The number of carbonyl (C=O) groups is 1. The summed E-state index contributed by atoms with van der Waals surface area (Å²) in [5, 5.41) is 10.8. The van der Waals surface area contributed by atoms with Crippen LogP contribution in [0.4, 0.5) is 10.1 Å². The quantitative estimate of drug-likeness (QED) is 0.381. The first-order valence-electron chi connectivity index (χ1n) is 10.9. The molecule has 0 saturated heterocycles. The number of anilines is 1. The molecule has 1 aliphatic rings. The number of benzene rings is 2. The number of aromatic carboxylic acids is 1. The van der Waals surface area contributed by atoms with Gasteiger partial charge in [-0.3, -0.25) is 4.31 Å². The summed E-state index contributed by atoms with van der Waals surface area (Å²) >= 11 is 0. The maximum absolute atomic E-state index is 14.2. The number of aryl methyl sites for hydroxylation is 2. The van der Waals surface area contributed by atoms with E-state index in [0.29, 0.717) is 11.3 Å². The molecule has 0 spiro atoms. The van der Waals surface area contributed by atoms with Crippen LogP contribution in [0.15, 0.2) is 65.8 Å². The van der Waals surface area contributed by atoms with Crippen LogP contribution < -0.4 is 43.7 Å². The number of pyridine rings is 1. The Balaban J connectivity index is 0.00000342. The van der Waals surface area contributed by atoms with Gasteiger partial charge < -0.3 is 14.6 Å². The summed E-state index contributed by atoms with van der Waals surface area (Å²) in [5.41, 5.74) is 3.06. The van der Waals surface area contributed by atoms with Crippen LogP contribution in [-0.2, 0) is 29.5 Å². The van der Waals surface area contributed by atoms with Crippen LogP contribution in [0.25, 0.3) is 0 Å². The molecular weight excluding hydrogens is 482 g/mol. The van der Waals surface area contributed by atoms with E-state index in [1.165, 1.54) is 31.3 Å². The summed E-state index contributed by atoms with van der Waals surface area (Å²) in [4.78, 5) is 15.0. The second kappa shape index (κ2) is 11.5. The Labute approximate surface area is 226 Å². The molecule has 1 aromatic heterocycles. The van der Waals surface area contributed by atoms with E-state index in [0.717, 1.165) is 34.7 Å². The predicted molar refractivity (Wildman–Crippen MR) is 123 cm³/mol. The van der Waals surface area contributed by atoms with Crippen LogP contribution >= 0.6 is 0 Å². The zero-order valence-electron chi connectivity index (χ0n) is 19.6. The molecule has 0 fully saturated rings. The Morgan fingerprint density at radius 3 is 2.43 bits per heavy atom. The summed E-state index contributed by atoms with van der Waals surface area (Å²) in [6.07, 6.45) is 2.53. The first kappa shape index (κ1) is 27.1. The molecule has 35 heavy (non-hydrogen) atoms. The summed E-state index contributed by atoms with van der Waals surface area (Å²) in [6.45, 7) is 0.976. The second-order valence-corrected chi connectivity index (χ2v) is 10.0. The Morgan fingerprint density at radius 1 is 1.14 bits per heavy atom. The number of rotatable bonds is 9. The Hall–Kier alpha value is -2.46. The SMILES string of the molecule is CC(F)CN(c1cc2c(cc1OCc1ccc(C(=O)[O-])cc1)CCC2)S(=O)(=O)c1ccccn1.[Na+]. The first-order valence-corrected chi connectivity index (χ1v) is 12.4. The van der Waals surface area contributed by atoms with E-state index in [-0.39, 0.29) is 52.4 Å². The molecule has 4 rings (SSSR count). The topological polar surface area (TPSA) is 99.6 Å². The van der Waals surface area contributed by atoms with Gasteiger partial charge >= 0.3 is 29.6 Å². The van der Waals surface area contributed by atoms with Crippen LogP contribution in [-0.4, -0.2) is 32.1 Å². The van der Waals surface area contributed by atoms with Crippen molar-refractivity contribution in [3.8, 4) is 5.75 Å². The molecule has 0 aliphatic heterocycles. The Kier molecular flexibility index (Phi) is 8.93. The van der Waals surface area contributed by atoms with Crippen LogP contribution in [0.1, 0.15) is 40.4 Å². The zero-order chi connectivity index (χ0) is 24.3. The molecule has 0 amide bonds. The summed E-state index contributed by atoms with van der Waals surface area (Å²) in [5.74, 6) is -0.964. The molecule has 2 aromatic carbocycles. The van der Waals surface area contributed by atoms with Gasteiger partial charge in [-0.25, -0.2) is 9.37 Å². The van der Waals surface area contributed by atoms with Gasteiger partial charge in [0.15, 0.2) is 5.03 Å².